The second-order valence-corrected chi connectivity index (χ2v) is 7.33. The van der Waals surface area contributed by atoms with Crippen LogP contribution in [0.25, 0.3) is 0 Å². The highest BCUT2D eigenvalue weighted by Gasteiger charge is 2.29. The number of nitrogens with one attached hydrogen (secondary N) is 1. The summed E-state index contributed by atoms with van der Waals surface area (Å²) in [6, 6.07) is 7.20. The summed E-state index contributed by atoms with van der Waals surface area (Å²) in [5.41, 5.74) is 0.867. The fourth-order valence-electron chi connectivity index (χ4n) is 2.05. The molecular formula is C12H16ClNO2S. The zero-order valence-electron chi connectivity index (χ0n) is 9.69. The van der Waals surface area contributed by atoms with Crippen LogP contribution >= 0.6 is 11.6 Å². The lowest BCUT2D eigenvalue weighted by molar-refractivity contribution is 0.572. The third kappa shape index (κ3) is 2.81. The van der Waals surface area contributed by atoms with Gasteiger partial charge in [0, 0.05) is 11.1 Å². The molecule has 1 N–H and O–H groups in total. The van der Waals surface area contributed by atoms with Crippen molar-refractivity contribution in [2.45, 2.75) is 24.6 Å². The van der Waals surface area contributed by atoms with E-state index in [1.807, 2.05) is 18.2 Å². The first-order valence-electron chi connectivity index (χ1n) is 5.70. The van der Waals surface area contributed by atoms with Crippen molar-refractivity contribution in [2.75, 3.05) is 12.3 Å². The summed E-state index contributed by atoms with van der Waals surface area (Å²) in [4.78, 5) is 0. The highest BCUT2D eigenvalue weighted by Crippen LogP contribution is 2.27. The van der Waals surface area contributed by atoms with E-state index >= 15 is 0 Å². The van der Waals surface area contributed by atoms with E-state index in [1.165, 1.54) is 0 Å². The van der Waals surface area contributed by atoms with Gasteiger partial charge in [-0.1, -0.05) is 29.8 Å². The lowest BCUT2D eigenvalue weighted by Gasteiger charge is -2.17. The molecule has 0 radical (unpaired) electrons. The van der Waals surface area contributed by atoms with Crippen LogP contribution in [0.2, 0.25) is 5.02 Å². The van der Waals surface area contributed by atoms with Crippen LogP contribution in [-0.4, -0.2) is 26.0 Å². The van der Waals surface area contributed by atoms with E-state index in [-0.39, 0.29) is 17.0 Å². The molecule has 0 bridgehead atoms. The third-order valence-corrected chi connectivity index (χ3v) is 5.84. The van der Waals surface area contributed by atoms with Crippen molar-refractivity contribution in [3.05, 3.63) is 34.9 Å². The predicted molar refractivity (Wildman–Crippen MR) is 70.1 cm³/mol. The smallest absolute Gasteiger partial charge is 0.154 e. The van der Waals surface area contributed by atoms with Crippen molar-refractivity contribution in [3.63, 3.8) is 0 Å². The maximum atomic E-state index is 12.0. The monoisotopic (exact) mass is 273 g/mol. The first-order valence-corrected chi connectivity index (χ1v) is 7.79. The van der Waals surface area contributed by atoms with E-state index in [2.05, 4.69) is 5.32 Å². The third-order valence-electron chi connectivity index (χ3n) is 3.23. The van der Waals surface area contributed by atoms with Crippen LogP contribution in [0, 0.1) is 0 Å². The number of hydrogen-bond acceptors (Lipinski definition) is 3. The quantitative estimate of drug-likeness (QED) is 0.853. The zero-order chi connectivity index (χ0) is 12.5. The Morgan fingerprint density at radius 2 is 2.06 bits per heavy atom. The van der Waals surface area contributed by atoms with Crippen LogP contribution in [0.15, 0.2) is 24.3 Å². The molecule has 2 atom stereocenters. The minimum atomic E-state index is -3.03. The second kappa shape index (κ2) is 4.96. The molecule has 1 aliphatic heterocycles. The highest BCUT2D eigenvalue weighted by molar-refractivity contribution is 7.92. The molecule has 17 heavy (non-hydrogen) atoms. The van der Waals surface area contributed by atoms with E-state index < -0.39 is 9.84 Å². The van der Waals surface area contributed by atoms with Crippen molar-refractivity contribution in [2.24, 2.45) is 0 Å². The van der Waals surface area contributed by atoms with Gasteiger partial charge < -0.3 is 5.32 Å². The molecule has 1 aromatic carbocycles. The Bertz CT molecular complexity index is 501. The summed E-state index contributed by atoms with van der Waals surface area (Å²) < 4.78 is 24.0. The fourth-order valence-corrected chi connectivity index (χ4v) is 3.89. The molecule has 0 aliphatic carbocycles. The number of benzene rings is 1. The number of halogens is 1. The summed E-state index contributed by atoms with van der Waals surface area (Å²) in [6.45, 7) is 2.47. The first-order chi connectivity index (χ1) is 8.00. The van der Waals surface area contributed by atoms with Gasteiger partial charge in [-0.2, -0.15) is 0 Å². The summed E-state index contributed by atoms with van der Waals surface area (Å²) in [5.74, 6) is 0.123. The van der Waals surface area contributed by atoms with Gasteiger partial charge in [0.05, 0.1) is 11.0 Å². The highest BCUT2D eigenvalue weighted by atomic mass is 35.5. The average molecular weight is 274 g/mol. The van der Waals surface area contributed by atoms with Crippen LogP contribution in [0.5, 0.6) is 0 Å². The number of hydrogen-bond donors (Lipinski definition) is 1. The van der Waals surface area contributed by atoms with Gasteiger partial charge in [-0.15, -0.1) is 0 Å². The van der Waals surface area contributed by atoms with Crippen LogP contribution in [0.4, 0.5) is 0 Å². The second-order valence-electron chi connectivity index (χ2n) is 4.46. The molecule has 1 saturated heterocycles. The average Bonchev–Trinajstić information content (AvgIpc) is 2.39. The molecule has 2 rings (SSSR count). The molecule has 5 heteroatoms. The Balaban J connectivity index is 2.31. The van der Waals surface area contributed by atoms with E-state index in [0.29, 0.717) is 18.0 Å². The van der Waals surface area contributed by atoms with Gasteiger partial charge in [0.1, 0.15) is 0 Å². The predicted octanol–water partition coefficient (Wildman–Crippen LogP) is 2.18. The van der Waals surface area contributed by atoms with Gasteiger partial charge >= 0.3 is 0 Å². The fraction of sp³-hybridized carbons (Fsp3) is 0.500. The maximum Gasteiger partial charge on any atom is 0.154 e. The number of rotatable bonds is 1. The lowest BCUT2D eigenvalue weighted by atomic mass is 10.1. The summed E-state index contributed by atoms with van der Waals surface area (Å²) in [6.07, 6.45) is 0.656. The van der Waals surface area contributed by atoms with E-state index in [9.17, 15) is 8.42 Å². The SMILES string of the molecule is CC1CCNC(c2ccccc2Cl)CS1(=O)=O. The minimum Gasteiger partial charge on any atom is -0.309 e. The largest absolute Gasteiger partial charge is 0.309 e. The Kier molecular flexibility index (Phi) is 3.76. The Labute approximate surface area is 107 Å². The van der Waals surface area contributed by atoms with Crippen LogP contribution in [-0.2, 0) is 9.84 Å². The molecule has 94 valence electrons. The van der Waals surface area contributed by atoms with E-state index in [4.69, 9.17) is 11.6 Å². The van der Waals surface area contributed by atoms with Crippen molar-refractivity contribution in [1.82, 2.24) is 5.32 Å². The van der Waals surface area contributed by atoms with Crippen LogP contribution in [0.3, 0.4) is 0 Å². The molecule has 3 nitrogen and oxygen atoms in total. The van der Waals surface area contributed by atoms with E-state index in [1.54, 1.807) is 13.0 Å². The van der Waals surface area contributed by atoms with Crippen LogP contribution in [0.1, 0.15) is 24.9 Å². The molecule has 0 spiro atoms. The topological polar surface area (TPSA) is 46.2 Å². The molecule has 1 aliphatic rings. The van der Waals surface area contributed by atoms with Gasteiger partial charge in [0.15, 0.2) is 9.84 Å². The van der Waals surface area contributed by atoms with Gasteiger partial charge in [-0.25, -0.2) is 8.42 Å². The molecule has 0 amide bonds. The Hall–Kier alpha value is -0.580. The molecule has 1 aromatic rings. The summed E-state index contributed by atoms with van der Waals surface area (Å²) in [7, 11) is -3.03. The van der Waals surface area contributed by atoms with Gasteiger partial charge in [-0.3, -0.25) is 0 Å². The number of sulfone groups is 1. The first kappa shape index (κ1) is 12.9. The summed E-state index contributed by atoms with van der Waals surface area (Å²) in [5, 5.41) is 3.61. The normalized spacial score (nSPS) is 28.6. The van der Waals surface area contributed by atoms with Gasteiger partial charge in [0.2, 0.25) is 0 Å². The van der Waals surface area contributed by atoms with Crippen molar-refractivity contribution >= 4 is 21.4 Å². The maximum absolute atomic E-state index is 12.0. The molecule has 1 heterocycles. The minimum absolute atomic E-state index is 0.123. The molecule has 2 unspecified atom stereocenters. The Morgan fingerprint density at radius 1 is 1.35 bits per heavy atom. The van der Waals surface area contributed by atoms with Crippen LogP contribution < -0.4 is 5.32 Å². The summed E-state index contributed by atoms with van der Waals surface area (Å²) >= 11 is 6.11. The standard InChI is InChI=1S/C12H16ClNO2S/c1-9-6-7-14-12(8-17(9,15)16)10-4-2-3-5-11(10)13/h2-5,9,12,14H,6-8H2,1H3. The molecule has 1 fully saturated rings. The van der Waals surface area contributed by atoms with Crippen molar-refractivity contribution < 1.29 is 8.42 Å². The Morgan fingerprint density at radius 3 is 2.76 bits per heavy atom. The molecule has 0 aromatic heterocycles. The van der Waals surface area contributed by atoms with Gasteiger partial charge in [0.25, 0.3) is 0 Å². The molecular weight excluding hydrogens is 258 g/mol. The van der Waals surface area contributed by atoms with E-state index in [0.717, 1.165) is 5.56 Å². The molecule has 0 saturated carbocycles. The van der Waals surface area contributed by atoms with Crippen molar-refractivity contribution in [1.29, 1.82) is 0 Å². The lowest BCUT2D eigenvalue weighted by Crippen LogP contribution is -2.26. The van der Waals surface area contributed by atoms with Gasteiger partial charge in [-0.05, 0) is 31.5 Å². The van der Waals surface area contributed by atoms with Crippen molar-refractivity contribution in [3.8, 4) is 0 Å². The zero-order valence-corrected chi connectivity index (χ0v) is 11.3.